The van der Waals surface area contributed by atoms with Gasteiger partial charge in [0.05, 0.1) is 11.3 Å². The van der Waals surface area contributed by atoms with Crippen LogP contribution in [0.2, 0.25) is 0 Å². The second-order valence-electron chi connectivity index (χ2n) is 4.55. The molecule has 0 saturated carbocycles. The van der Waals surface area contributed by atoms with Crippen LogP contribution in [0.25, 0.3) is 10.2 Å². The highest BCUT2D eigenvalue weighted by atomic mass is 32.2. The molecule has 0 radical (unpaired) electrons. The topological polar surface area (TPSA) is 52.7 Å². The SMILES string of the molecule is C=CCn1c(SCc2nccn2C(F)F)nc2ccsc2c1=O. The van der Waals surface area contributed by atoms with Crippen LogP contribution in [0.5, 0.6) is 0 Å². The number of alkyl halides is 2. The van der Waals surface area contributed by atoms with Crippen molar-refractivity contribution in [3.8, 4) is 0 Å². The summed E-state index contributed by atoms with van der Waals surface area (Å²) in [4.78, 5) is 20.9. The smallest absolute Gasteiger partial charge is 0.282 e. The summed E-state index contributed by atoms with van der Waals surface area (Å²) in [5.41, 5.74) is 0.463. The molecule has 0 aliphatic heterocycles. The Morgan fingerprint density at radius 1 is 1.48 bits per heavy atom. The monoisotopic (exact) mass is 354 g/mol. The minimum Gasteiger partial charge on any atom is -0.282 e. The number of imidazole rings is 1. The lowest BCUT2D eigenvalue weighted by Crippen LogP contribution is -2.22. The number of thioether (sulfide) groups is 1. The molecule has 9 heteroatoms. The first kappa shape index (κ1) is 15.9. The average molecular weight is 354 g/mol. The van der Waals surface area contributed by atoms with Crippen molar-refractivity contribution in [2.24, 2.45) is 0 Å². The van der Waals surface area contributed by atoms with Gasteiger partial charge in [-0.25, -0.2) is 9.97 Å². The van der Waals surface area contributed by atoms with Gasteiger partial charge in [0.2, 0.25) is 0 Å². The van der Waals surface area contributed by atoms with Gasteiger partial charge in [0.1, 0.15) is 10.5 Å². The van der Waals surface area contributed by atoms with Gasteiger partial charge < -0.3 is 0 Å². The average Bonchev–Trinajstić information content (AvgIpc) is 3.17. The largest absolute Gasteiger partial charge is 0.319 e. The van der Waals surface area contributed by atoms with Crippen molar-refractivity contribution < 1.29 is 8.78 Å². The van der Waals surface area contributed by atoms with Crippen molar-refractivity contribution in [2.45, 2.75) is 24.0 Å². The van der Waals surface area contributed by atoms with Gasteiger partial charge >= 0.3 is 6.55 Å². The Morgan fingerprint density at radius 3 is 3.04 bits per heavy atom. The highest BCUT2D eigenvalue weighted by molar-refractivity contribution is 7.98. The molecule has 0 saturated heterocycles. The van der Waals surface area contributed by atoms with Crippen molar-refractivity contribution in [1.82, 2.24) is 19.1 Å². The van der Waals surface area contributed by atoms with Crippen LogP contribution in [0, 0.1) is 0 Å². The number of fused-ring (bicyclic) bond motifs is 1. The normalized spacial score (nSPS) is 11.4. The Bertz CT molecular complexity index is 900. The molecule has 0 amide bonds. The van der Waals surface area contributed by atoms with Crippen LogP contribution >= 0.6 is 23.1 Å². The molecule has 120 valence electrons. The Kier molecular flexibility index (Phi) is 4.58. The second kappa shape index (κ2) is 6.63. The third kappa shape index (κ3) is 3.06. The molecule has 0 N–H and O–H groups in total. The minimum absolute atomic E-state index is 0.149. The van der Waals surface area contributed by atoms with Crippen molar-refractivity contribution in [2.75, 3.05) is 0 Å². The number of hydrogen-bond acceptors (Lipinski definition) is 5. The van der Waals surface area contributed by atoms with Crippen LogP contribution in [-0.4, -0.2) is 19.1 Å². The van der Waals surface area contributed by atoms with Crippen LogP contribution in [-0.2, 0) is 12.3 Å². The van der Waals surface area contributed by atoms with Crippen LogP contribution < -0.4 is 5.56 Å². The van der Waals surface area contributed by atoms with E-state index in [2.05, 4.69) is 16.5 Å². The number of hydrogen-bond donors (Lipinski definition) is 0. The van der Waals surface area contributed by atoms with Crippen molar-refractivity contribution in [3.05, 3.63) is 52.7 Å². The van der Waals surface area contributed by atoms with Gasteiger partial charge in [-0.1, -0.05) is 17.8 Å². The Balaban J connectivity index is 1.95. The fourth-order valence-electron chi connectivity index (χ4n) is 2.09. The van der Waals surface area contributed by atoms with Gasteiger partial charge in [0.25, 0.3) is 5.56 Å². The fourth-order valence-corrected chi connectivity index (χ4v) is 3.82. The van der Waals surface area contributed by atoms with E-state index in [0.29, 0.717) is 21.9 Å². The number of aromatic nitrogens is 4. The first-order valence-electron chi connectivity index (χ1n) is 6.63. The number of allylic oxidation sites excluding steroid dienone is 1. The number of rotatable bonds is 6. The van der Waals surface area contributed by atoms with Crippen molar-refractivity contribution >= 4 is 33.3 Å². The van der Waals surface area contributed by atoms with E-state index in [1.165, 1.54) is 40.1 Å². The third-order valence-electron chi connectivity index (χ3n) is 3.13. The minimum atomic E-state index is -2.64. The Hall–Kier alpha value is -2.00. The molecule has 0 aliphatic rings. The Labute approximate surface area is 138 Å². The van der Waals surface area contributed by atoms with E-state index in [0.717, 1.165) is 4.57 Å². The lowest BCUT2D eigenvalue weighted by molar-refractivity contribution is 0.0678. The van der Waals surface area contributed by atoms with E-state index < -0.39 is 6.55 Å². The quantitative estimate of drug-likeness (QED) is 0.386. The van der Waals surface area contributed by atoms with Gasteiger partial charge in [-0.2, -0.15) is 8.78 Å². The molecule has 0 aliphatic carbocycles. The molecular weight excluding hydrogens is 342 g/mol. The maximum atomic E-state index is 12.8. The highest BCUT2D eigenvalue weighted by Crippen LogP contribution is 2.24. The lowest BCUT2D eigenvalue weighted by Gasteiger charge is -2.10. The number of halogens is 2. The maximum absolute atomic E-state index is 12.8. The molecule has 0 spiro atoms. The zero-order valence-corrected chi connectivity index (χ0v) is 13.5. The molecule has 3 aromatic rings. The molecule has 23 heavy (non-hydrogen) atoms. The number of thiophene rings is 1. The fraction of sp³-hybridized carbons (Fsp3) is 0.214. The predicted octanol–water partition coefficient (Wildman–Crippen LogP) is 3.53. The van der Waals surface area contributed by atoms with E-state index in [1.54, 1.807) is 17.5 Å². The highest BCUT2D eigenvalue weighted by Gasteiger charge is 2.15. The summed E-state index contributed by atoms with van der Waals surface area (Å²) < 4.78 is 28.6. The van der Waals surface area contributed by atoms with Crippen LogP contribution in [0.15, 0.2) is 46.4 Å². The Morgan fingerprint density at radius 2 is 2.30 bits per heavy atom. The second-order valence-corrected chi connectivity index (χ2v) is 6.41. The van der Waals surface area contributed by atoms with E-state index in [4.69, 9.17) is 0 Å². The van der Waals surface area contributed by atoms with Crippen LogP contribution in [0.1, 0.15) is 12.4 Å². The number of nitrogens with zero attached hydrogens (tertiary/aromatic N) is 4. The summed E-state index contributed by atoms with van der Waals surface area (Å²) >= 11 is 2.53. The molecule has 0 aromatic carbocycles. The zero-order chi connectivity index (χ0) is 16.4. The summed E-state index contributed by atoms with van der Waals surface area (Å²) in [6, 6.07) is 1.77. The predicted molar refractivity (Wildman–Crippen MR) is 87.1 cm³/mol. The van der Waals surface area contributed by atoms with Crippen molar-refractivity contribution in [3.63, 3.8) is 0 Å². The van der Waals surface area contributed by atoms with Gasteiger partial charge in [-0.15, -0.1) is 17.9 Å². The summed E-state index contributed by atoms with van der Waals surface area (Å²) in [6.45, 7) is 1.31. The third-order valence-corrected chi connectivity index (χ3v) is 5.00. The molecule has 0 atom stereocenters. The molecular formula is C14H12F2N4OS2. The first-order chi connectivity index (χ1) is 11.1. The first-order valence-corrected chi connectivity index (χ1v) is 8.50. The maximum Gasteiger partial charge on any atom is 0.319 e. The van der Waals surface area contributed by atoms with Crippen LogP contribution in [0.4, 0.5) is 8.78 Å². The van der Waals surface area contributed by atoms with Crippen LogP contribution in [0.3, 0.4) is 0 Å². The standard InChI is InChI=1S/C14H12F2N4OS2/c1-2-5-20-12(21)11-9(3-7-22-11)18-14(20)23-8-10-17-4-6-19(10)13(15)16/h2-4,6-7,13H,1,5,8H2. The zero-order valence-electron chi connectivity index (χ0n) is 11.9. The molecule has 0 unspecified atom stereocenters. The lowest BCUT2D eigenvalue weighted by atomic mass is 10.4. The van der Waals surface area contributed by atoms with E-state index >= 15 is 0 Å². The molecule has 3 rings (SSSR count). The van der Waals surface area contributed by atoms with Gasteiger partial charge in [-0.05, 0) is 11.4 Å². The van der Waals surface area contributed by atoms with E-state index in [-0.39, 0.29) is 17.1 Å². The molecule has 0 fully saturated rings. The van der Waals surface area contributed by atoms with Gasteiger partial charge in [0, 0.05) is 18.9 Å². The van der Waals surface area contributed by atoms with E-state index in [9.17, 15) is 13.6 Å². The molecule has 5 nitrogen and oxygen atoms in total. The van der Waals surface area contributed by atoms with Gasteiger partial charge in [-0.3, -0.25) is 13.9 Å². The van der Waals surface area contributed by atoms with E-state index in [1.807, 2.05) is 0 Å². The summed E-state index contributed by atoms with van der Waals surface area (Å²) in [7, 11) is 0. The summed E-state index contributed by atoms with van der Waals surface area (Å²) in [6.07, 6.45) is 4.16. The summed E-state index contributed by atoms with van der Waals surface area (Å²) in [5.74, 6) is 0.422. The molecule has 3 heterocycles. The van der Waals surface area contributed by atoms with Gasteiger partial charge in [0.15, 0.2) is 5.16 Å². The summed E-state index contributed by atoms with van der Waals surface area (Å²) in [5, 5.41) is 2.26. The molecule has 0 bridgehead atoms. The van der Waals surface area contributed by atoms with Crippen molar-refractivity contribution in [1.29, 1.82) is 0 Å². The molecule has 3 aromatic heterocycles.